The van der Waals surface area contributed by atoms with E-state index in [1.54, 1.807) is 6.20 Å². The molecule has 2 fully saturated rings. The fourth-order valence-corrected chi connectivity index (χ4v) is 6.53. The summed E-state index contributed by atoms with van der Waals surface area (Å²) in [5.74, 6) is -1.60. The highest BCUT2D eigenvalue weighted by Gasteiger charge is 2.75. The monoisotopic (exact) mass is 550 g/mol. The molecule has 0 N–H and O–H groups in total. The van der Waals surface area contributed by atoms with Crippen molar-refractivity contribution in [1.29, 1.82) is 0 Å². The highest BCUT2D eigenvalue weighted by Crippen LogP contribution is 2.70. The van der Waals surface area contributed by atoms with Gasteiger partial charge in [0.05, 0.1) is 18.6 Å². The van der Waals surface area contributed by atoms with Crippen LogP contribution >= 0.6 is 15.9 Å². The number of ether oxygens (including phenoxy) is 1. The number of fused-ring (bicyclic) bond motifs is 1. The molecule has 0 saturated heterocycles. The van der Waals surface area contributed by atoms with E-state index >= 15 is 0 Å². The van der Waals surface area contributed by atoms with Crippen molar-refractivity contribution in [2.45, 2.75) is 42.8 Å². The van der Waals surface area contributed by atoms with Crippen molar-refractivity contribution in [3.05, 3.63) is 79.9 Å². The lowest BCUT2D eigenvalue weighted by Gasteiger charge is -2.33. The Morgan fingerprint density at radius 1 is 1.20 bits per heavy atom. The van der Waals surface area contributed by atoms with E-state index in [1.807, 2.05) is 29.8 Å². The Bertz CT molecular complexity index is 1350. The molecule has 3 aromatic rings. The van der Waals surface area contributed by atoms with Crippen molar-refractivity contribution in [3.63, 3.8) is 0 Å². The average Bonchev–Trinajstić information content (AvgIpc) is 3.40. The fourth-order valence-electron chi connectivity index (χ4n) is 6.18. The Morgan fingerprint density at radius 3 is 2.40 bits per heavy atom. The quantitative estimate of drug-likeness (QED) is 0.227. The number of benzene rings is 2. The molecule has 1 aromatic heterocycles. The first-order valence-corrected chi connectivity index (χ1v) is 11.9. The summed E-state index contributed by atoms with van der Waals surface area (Å²) in [4.78, 5) is 25.8. The van der Waals surface area contributed by atoms with Crippen LogP contribution in [0.15, 0.2) is 53.1 Å². The second-order valence-electron chi connectivity index (χ2n) is 9.64. The number of carbonyl (C=O) groups is 1. The van der Waals surface area contributed by atoms with Crippen LogP contribution in [0.3, 0.4) is 0 Å². The zero-order valence-electron chi connectivity index (χ0n) is 18.9. The summed E-state index contributed by atoms with van der Waals surface area (Å²) in [5.41, 5.74) is -1.34. The molecule has 1 spiro atoms. The van der Waals surface area contributed by atoms with Gasteiger partial charge in [-0.25, -0.2) is 0 Å². The smallest absolute Gasteiger partial charge is 0.416 e. The van der Waals surface area contributed by atoms with Gasteiger partial charge in [-0.2, -0.15) is 13.2 Å². The average molecular weight is 551 g/mol. The minimum Gasteiger partial charge on any atom is -0.468 e. The maximum absolute atomic E-state index is 13.6. The molecule has 2 aliphatic carbocycles. The van der Waals surface area contributed by atoms with E-state index in [1.165, 1.54) is 19.2 Å². The van der Waals surface area contributed by atoms with Gasteiger partial charge in [-0.1, -0.05) is 34.1 Å². The fraction of sp³-hybridized carbons (Fsp3) is 0.400. The molecule has 2 saturated carbocycles. The molecule has 0 aliphatic heterocycles. The molecule has 0 unspecified atom stereocenters. The van der Waals surface area contributed by atoms with Crippen molar-refractivity contribution in [1.82, 2.24) is 4.57 Å². The van der Waals surface area contributed by atoms with E-state index in [9.17, 15) is 28.1 Å². The summed E-state index contributed by atoms with van der Waals surface area (Å²) < 4.78 is 47.8. The number of carbonyl (C=O) groups excluding carboxylic acids is 1. The maximum Gasteiger partial charge on any atom is 0.416 e. The lowest BCUT2D eigenvalue weighted by molar-refractivity contribution is -0.535. The van der Waals surface area contributed by atoms with Gasteiger partial charge in [0.25, 0.3) is 0 Å². The van der Waals surface area contributed by atoms with Crippen LogP contribution < -0.4 is 0 Å². The van der Waals surface area contributed by atoms with Gasteiger partial charge < -0.3 is 9.30 Å². The first-order valence-electron chi connectivity index (χ1n) is 11.1. The minimum absolute atomic E-state index is 0.140. The molecular weight excluding hydrogens is 529 g/mol. The highest BCUT2D eigenvalue weighted by atomic mass is 79.9. The highest BCUT2D eigenvalue weighted by molar-refractivity contribution is 9.10. The number of methoxy groups -OCH3 is 1. The Labute approximate surface area is 207 Å². The van der Waals surface area contributed by atoms with Crippen molar-refractivity contribution >= 4 is 32.8 Å². The molecular formula is C25H22BrF3N2O4. The Balaban J connectivity index is 1.80. The second kappa shape index (κ2) is 7.81. The van der Waals surface area contributed by atoms with E-state index in [0.29, 0.717) is 24.0 Å². The van der Waals surface area contributed by atoms with Crippen LogP contribution in [0.4, 0.5) is 13.2 Å². The van der Waals surface area contributed by atoms with Crippen molar-refractivity contribution in [3.8, 4) is 0 Å². The van der Waals surface area contributed by atoms with E-state index in [2.05, 4.69) is 15.9 Å². The number of aryl methyl sites for hydroxylation is 1. The molecule has 3 atom stereocenters. The van der Waals surface area contributed by atoms with Gasteiger partial charge in [0.1, 0.15) is 5.41 Å². The molecule has 6 nitrogen and oxygen atoms in total. The third-order valence-electron chi connectivity index (χ3n) is 7.82. The summed E-state index contributed by atoms with van der Waals surface area (Å²) in [7, 11) is 3.03. The van der Waals surface area contributed by atoms with Gasteiger partial charge in [0.2, 0.25) is 6.04 Å². The van der Waals surface area contributed by atoms with Crippen molar-refractivity contribution in [2.24, 2.45) is 12.5 Å². The summed E-state index contributed by atoms with van der Waals surface area (Å²) in [6.45, 7) is 0. The Hall–Kier alpha value is -2.88. The molecule has 184 valence electrons. The second-order valence-corrected chi connectivity index (χ2v) is 10.6. The zero-order chi connectivity index (χ0) is 25.3. The molecule has 5 rings (SSSR count). The van der Waals surface area contributed by atoms with Gasteiger partial charge in [-0.05, 0) is 54.7 Å². The summed E-state index contributed by atoms with van der Waals surface area (Å²) >= 11 is 3.45. The van der Waals surface area contributed by atoms with Gasteiger partial charge in [-0.15, -0.1) is 0 Å². The summed E-state index contributed by atoms with van der Waals surface area (Å²) in [6.07, 6.45) is -1.46. The Morgan fingerprint density at radius 2 is 1.86 bits per heavy atom. The first-order chi connectivity index (χ1) is 16.4. The van der Waals surface area contributed by atoms with E-state index in [0.717, 1.165) is 27.5 Å². The molecule has 0 amide bonds. The lowest BCUT2D eigenvalue weighted by Crippen LogP contribution is -2.43. The molecule has 2 aromatic carbocycles. The number of halogens is 4. The number of nitro groups is 1. The SMILES string of the molecule is COC(=O)[C@]1(c2ccc(C(F)(F)F)cc2)CC2(CC2)[C@H]([N+](=O)[O-])[C@H]1c1cn(C)c2cc(Br)ccc12. The molecule has 10 heteroatoms. The van der Waals surface area contributed by atoms with Crippen LogP contribution in [0.25, 0.3) is 10.9 Å². The molecule has 0 bridgehead atoms. The number of esters is 1. The van der Waals surface area contributed by atoms with Gasteiger partial charge >= 0.3 is 12.1 Å². The first kappa shape index (κ1) is 23.8. The van der Waals surface area contributed by atoms with Crippen LogP contribution in [0.1, 0.15) is 41.9 Å². The Kier molecular flexibility index (Phi) is 5.32. The summed E-state index contributed by atoms with van der Waals surface area (Å²) in [5, 5.41) is 13.3. The van der Waals surface area contributed by atoms with Gasteiger partial charge in [-0.3, -0.25) is 14.9 Å². The van der Waals surface area contributed by atoms with Crippen molar-refractivity contribution < 1.29 is 27.6 Å². The largest absolute Gasteiger partial charge is 0.468 e. The zero-order valence-corrected chi connectivity index (χ0v) is 20.5. The molecule has 1 heterocycles. The van der Waals surface area contributed by atoms with Crippen LogP contribution in [-0.2, 0) is 28.2 Å². The van der Waals surface area contributed by atoms with Crippen LogP contribution in [-0.4, -0.2) is 28.6 Å². The maximum atomic E-state index is 13.6. The molecule has 0 radical (unpaired) electrons. The van der Waals surface area contributed by atoms with Crippen LogP contribution in [0.5, 0.6) is 0 Å². The van der Waals surface area contributed by atoms with Gasteiger partial charge in [0.15, 0.2) is 0 Å². The predicted octanol–water partition coefficient (Wildman–Crippen LogP) is 5.98. The van der Waals surface area contributed by atoms with E-state index < -0.39 is 40.5 Å². The third-order valence-corrected chi connectivity index (χ3v) is 8.31. The number of nitrogens with zero attached hydrogens (tertiary/aromatic N) is 2. The molecule has 35 heavy (non-hydrogen) atoms. The topological polar surface area (TPSA) is 74.4 Å². The number of hydrogen-bond donors (Lipinski definition) is 0. The van der Waals surface area contributed by atoms with Crippen LogP contribution in [0, 0.1) is 15.5 Å². The van der Waals surface area contributed by atoms with Gasteiger partial charge in [0, 0.05) is 39.0 Å². The summed E-state index contributed by atoms with van der Waals surface area (Å²) in [6, 6.07) is 8.87. The number of aromatic nitrogens is 1. The van der Waals surface area contributed by atoms with Crippen LogP contribution in [0.2, 0.25) is 0 Å². The standard InChI is InChI=1S/C25H22BrF3N2O4/c1-30-12-18(17-8-7-16(26)11-19(17)30)20-21(31(33)34)23(9-10-23)13-24(20,22(32)35-2)14-3-5-15(6-4-14)25(27,28)29/h3-8,11-12,20-21H,9-10,13H2,1-2H3/t20-,21-,24+/m1/s1. The minimum atomic E-state index is -4.55. The molecule has 2 aliphatic rings. The predicted molar refractivity (Wildman–Crippen MR) is 126 cm³/mol. The van der Waals surface area contributed by atoms with Crippen molar-refractivity contribution in [2.75, 3.05) is 7.11 Å². The third kappa shape index (κ3) is 3.48. The van der Waals surface area contributed by atoms with E-state index in [4.69, 9.17) is 4.74 Å². The van der Waals surface area contributed by atoms with E-state index in [-0.39, 0.29) is 11.3 Å². The number of rotatable bonds is 4. The number of hydrogen-bond acceptors (Lipinski definition) is 4. The lowest BCUT2D eigenvalue weighted by atomic mass is 9.68. The normalized spacial score (nSPS) is 25.2. The number of alkyl halides is 3.